The first-order valence-electron chi connectivity index (χ1n) is 7.25. The highest BCUT2D eigenvalue weighted by atomic mass is 79.9. The minimum Gasteiger partial charge on any atom is -0.338 e. The van der Waals surface area contributed by atoms with E-state index >= 15 is 0 Å². The lowest BCUT2D eigenvalue weighted by atomic mass is 10.2. The largest absolute Gasteiger partial charge is 0.338 e. The molecule has 0 saturated heterocycles. The van der Waals surface area contributed by atoms with Gasteiger partial charge >= 0.3 is 6.03 Å². The Morgan fingerprint density at radius 3 is 2.92 bits per heavy atom. The molecule has 3 heterocycles. The number of anilines is 1. The fourth-order valence-corrected chi connectivity index (χ4v) is 3.40. The van der Waals surface area contributed by atoms with E-state index in [0.29, 0.717) is 12.4 Å². The molecule has 6 nitrogen and oxygen atoms in total. The Labute approximate surface area is 151 Å². The Kier molecular flexibility index (Phi) is 5.17. The molecular weight excluding hydrogens is 390 g/mol. The monoisotopic (exact) mass is 403 g/mol. The normalized spacial score (nSPS) is 10.4. The molecule has 0 aromatic carbocycles. The van der Waals surface area contributed by atoms with E-state index in [9.17, 15) is 4.79 Å². The molecule has 2 amide bonds. The number of thiazole rings is 1. The van der Waals surface area contributed by atoms with Gasteiger partial charge in [0.25, 0.3) is 0 Å². The molecule has 0 fully saturated rings. The lowest BCUT2D eigenvalue weighted by molar-refractivity contribution is 0.252. The second-order valence-corrected chi connectivity index (χ2v) is 6.50. The summed E-state index contributed by atoms with van der Waals surface area (Å²) in [6, 6.07) is 7.22. The number of nitrogens with zero attached hydrogens (tertiary/aromatic N) is 3. The molecule has 3 aromatic heterocycles. The second-order valence-electron chi connectivity index (χ2n) is 4.79. The molecule has 3 rings (SSSR count). The number of carbonyl (C=O) groups excluding carboxylic acids is 1. The molecular formula is C16H14BrN5OS. The molecule has 122 valence electrons. The van der Waals surface area contributed by atoms with Crippen LogP contribution < -0.4 is 10.6 Å². The predicted molar refractivity (Wildman–Crippen MR) is 99.0 cm³/mol. The molecule has 0 saturated carbocycles. The second kappa shape index (κ2) is 7.50. The molecule has 0 spiro atoms. The number of hydrogen-bond donors (Lipinski definition) is 2. The third-order valence-electron chi connectivity index (χ3n) is 3.10. The van der Waals surface area contributed by atoms with E-state index in [1.165, 1.54) is 11.3 Å². The van der Waals surface area contributed by atoms with Crippen LogP contribution in [0.15, 0.2) is 46.5 Å². The van der Waals surface area contributed by atoms with E-state index in [-0.39, 0.29) is 6.03 Å². The third kappa shape index (κ3) is 3.77. The summed E-state index contributed by atoms with van der Waals surface area (Å²) in [6.45, 7) is 2.41. The summed E-state index contributed by atoms with van der Waals surface area (Å²) >= 11 is 5.00. The molecule has 0 aliphatic rings. The minimum atomic E-state index is -0.286. The first-order chi connectivity index (χ1) is 11.7. The zero-order valence-corrected chi connectivity index (χ0v) is 15.2. The van der Waals surface area contributed by atoms with E-state index in [1.54, 1.807) is 18.5 Å². The molecule has 0 aliphatic heterocycles. The van der Waals surface area contributed by atoms with E-state index in [2.05, 4.69) is 41.5 Å². The zero-order chi connectivity index (χ0) is 16.9. The molecule has 0 bridgehead atoms. The van der Waals surface area contributed by atoms with E-state index in [0.717, 1.165) is 26.4 Å². The van der Waals surface area contributed by atoms with E-state index in [4.69, 9.17) is 0 Å². The number of pyridine rings is 2. The van der Waals surface area contributed by atoms with Gasteiger partial charge in [-0.05, 0) is 41.1 Å². The van der Waals surface area contributed by atoms with Gasteiger partial charge in [0, 0.05) is 34.4 Å². The van der Waals surface area contributed by atoms with Crippen LogP contribution in [0.2, 0.25) is 0 Å². The summed E-state index contributed by atoms with van der Waals surface area (Å²) in [4.78, 5) is 24.8. The van der Waals surface area contributed by atoms with Crippen molar-refractivity contribution in [2.45, 2.75) is 6.92 Å². The van der Waals surface area contributed by atoms with Gasteiger partial charge in [-0.15, -0.1) is 11.3 Å². The average molecular weight is 404 g/mol. The average Bonchev–Trinajstić information content (AvgIpc) is 3.07. The molecule has 0 radical (unpaired) electrons. The van der Waals surface area contributed by atoms with Crippen molar-refractivity contribution in [3.63, 3.8) is 0 Å². The van der Waals surface area contributed by atoms with Gasteiger partial charge in [-0.1, -0.05) is 6.07 Å². The first-order valence-corrected chi connectivity index (χ1v) is 8.92. The van der Waals surface area contributed by atoms with Crippen LogP contribution in [0.5, 0.6) is 0 Å². The van der Waals surface area contributed by atoms with Gasteiger partial charge in [0.15, 0.2) is 0 Å². The number of amides is 2. The van der Waals surface area contributed by atoms with Crippen molar-refractivity contribution in [3.05, 3.63) is 46.5 Å². The Morgan fingerprint density at radius 2 is 2.17 bits per heavy atom. The van der Waals surface area contributed by atoms with Crippen LogP contribution >= 0.6 is 27.3 Å². The van der Waals surface area contributed by atoms with Crippen LogP contribution in [0.1, 0.15) is 6.92 Å². The van der Waals surface area contributed by atoms with Gasteiger partial charge in [-0.2, -0.15) is 0 Å². The number of halogens is 1. The maximum absolute atomic E-state index is 11.6. The van der Waals surface area contributed by atoms with Crippen LogP contribution in [0.3, 0.4) is 0 Å². The number of carbonyl (C=O) groups is 1. The minimum absolute atomic E-state index is 0.286. The summed E-state index contributed by atoms with van der Waals surface area (Å²) in [6.07, 6.45) is 3.39. The number of rotatable bonds is 4. The van der Waals surface area contributed by atoms with Crippen LogP contribution in [0, 0.1) is 0 Å². The summed E-state index contributed by atoms with van der Waals surface area (Å²) in [5, 5.41) is 8.15. The molecule has 0 aliphatic carbocycles. The number of aromatic nitrogens is 3. The first kappa shape index (κ1) is 16.5. The van der Waals surface area contributed by atoms with Crippen LogP contribution in [0.4, 0.5) is 10.6 Å². The highest BCUT2D eigenvalue weighted by Crippen LogP contribution is 2.33. The summed E-state index contributed by atoms with van der Waals surface area (Å²) < 4.78 is 0.811. The van der Waals surface area contributed by atoms with Crippen molar-refractivity contribution >= 4 is 39.1 Å². The van der Waals surface area contributed by atoms with Crippen molar-refractivity contribution in [1.82, 2.24) is 20.3 Å². The van der Waals surface area contributed by atoms with Crippen molar-refractivity contribution in [3.8, 4) is 22.0 Å². The standard InChI is InChI=1S/C16H14BrN5OS/c1-2-18-16(23)22-14-7-10(11(17)8-20-14)15-21-13(9-24-15)12-5-3-4-6-19-12/h3-9H,2H2,1H3,(H2,18,20,22,23). The van der Waals surface area contributed by atoms with Crippen molar-refractivity contribution in [2.24, 2.45) is 0 Å². The summed E-state index contributed by atoms with van der Waals surface area (Å²) in [5.41, 5.74) is 2.51. The van der Waals surface area contributed by atoms with Gasteiger partial charge in [0.05, 0.1) is 5.69 Å². The zero-order valence-electron chi connectivity index (χ0n) is 12.8. The Bertz CT molecular complexity index is 853. The van der Waals surface area contributed by atoms with E-state index in [1.807, 2.05) is 30.5 Å². The molecule has 3 aromatic rings. The van der Waals surface area contributed by atoms with Gasteiger partial charge in [0.1, 0.15) is 16.5 Å². The maximum Gasteiger partial charge on any atom is 0.320 e. The molecule has 0 unspecified atom stereocenters. The third-order valence-corrected chi connectivity index (χ3v) is 4.60. The SMILES string of the molecule is CCNC(=O)Nc1cc(-c2nc(-c3ccccn3)cs2)c(Br)cn1. The fraction of sp³-hybridized carbons (Fsp3) is 0.125. The van der Waals surface area contributed by atoms with Gasteiger partial charge < -0.3 is 5.32 Å². The highest BCUT2D eigenvalue weighted by molar-refractivity contribution is 9.10. The van der Waals surface area contributed by atoms with Crippen molar-refractivity contribution in [1.29, 1.82) is 0 Å². The topological polar surface area (TPSA) is 79.8 Å². The lowest BCUT2D eigenvalue weighted by Gasteiger charge is -2.07. The van der Waals surface area contributed by atoms with Gasteiger partial charge in [-0.25, -0.2) is 14.8 Å². The maximum atomic E-state index is 11.6. The smallest absolute Gasteiger partial charge is 0.320 e. The molecule has 24 heavy (non-hydrogen) atoms. The fourth-order valence-electron chi connectivity index (χ4n) is 2.02. The number of hydrogen-bond acceptors (Lipinski definition) is 5. The van der Waals surface area contributed by atoms with Crippen molar-refractivity contribution < 1.29 is 4.79 Å². The van der Waals surface area contributed by atoms with Crippen LogP contribution in [-0.4, -0.2) is 27.5 Å². The Morgan fingerprint density at radius 1 is 1.29 bits per heavy atom. The van der Waals surface area contributed by atoms with E-state index < -0.39 is 0 Å². The summed E-state index contributed by atoms with van der Waals surface area (Å²) in [7, 11) is 0. The molecule has 2 N–H and O–H groups in total. The Hall–Kier alpha value is -2.32. The Balaban J connectivity index is 1.89. The number of nitrogens with one attached hydrogen (secondary N) is 2. The van der Waals surface area contributed by atoms with Crippen LogP contribution in [-0.2, 0) is 0 Å². The van der Waals surface area contributed by atoms with Crippen molar-refractivity contribution in [2.75, 3.05) is 11.9 Å². The van der Waals surface area contributed by atoms with Crippen LogP contribution in [0.25, 0.3) is 22.0 Å². The quantitative estimate of drug-likeness (QED) is 0.684. The summed E-state index contributed by atoms with van der Waals surface area (Å²) in [5.74, 6) is 0.466. The van der Waals surface area contributed by atoms with Gasteiger partial charge in [0.2, 0.25) is 0 Å². The molecule has 8 heteroatoms. The lowest BCUT2D eigenvalue weighted by Crippen LogP contribution is -2.28. The predicted octanol–water partition coefficient (Wildman–Crippen LogP) is 4.17. The highest BCUT2D eigenvalue weighted by Gasteiger charge is 2.12. The van der Waals surface area contributed by atoms with Gasteiger partial charge in [-0.3, -0.25) is 10.3 Å². The number of urea groups is 1. The molecule has 0 atom stereocenters.